The number of halogens is 1. The quantitative estimate of drug-likeness (QED) is 0.927. The Balaban J connectivity index is 2.44. The van der Waals surface area contributed by atoms with Gasteiger partial charge in [-0.05, 0) is 37.5 Å². The zero-order chi connectivity index (χ0) is 15.6. The summed E-state index contributed by atoms with van der Waals surface area (Å²) < 4.78 is 14.2. The van der Waals surface area contributed by atoms with Gasteiger partial charge in [-0.2, -0.15) is 0 Å². The molecule has 5 heteroatoms. The fraction of sp³-hybridized carbons (Fsp3) is 0.500. The van der Waals surface area contributed by atoms with Gasteiger partial charge >= 0.3 is 0 Å². The zero-order valence-corrected chi connectivity index (χ0v) is 12.6. The third-order valence-corrected chi connectivity index (χ3v) is 3.79. The molecule has 0 saturated carbocycles. The number of rotatable bonds is 4. The van der Waals surface area contributed by atoms with Crippen molar-refractivity contribution in [3.63, 3.8) is 0 Å². The smallest absolute Gasteiger partial charge is 0.250 e. The lowest BCUT2D eigenvalue weighted by atomic mass is 10.0. The van der Waals surface area contributed by atoms with Gasteiger partial charge in [0.2, 0.25) is 11.8 Å². The van der Waals surface area contributed by atoms with Crippen LogP contribution in [0.1, 0.15) is 38.7 Å². The highest BCUT2D eigenvalue weighted by Gasteiger charge is 2.40. The van der Waals surface area contributed by atoms with E-state index in [0.717, 1.165) is 12.0 Å². The van der Waals surface area contributed by atoms with E-state index in [1.807, 2.05) is 13.8 Å². The number of nitrogens with one attached hydrogen (secondary N) is 1. The van der Waals surface area contributed by atoms with Crippen molar-refractivity contribution in [2.24, 2.45) is 0 Å². The number of benzene rings is 1. The van der Waals surface area contributed by atoms with Crippen LogP contribution < -0.4 is 10.2 Å². The number of nitrogens with zero attached hydrogens (tertiary/aromatic N) is 1. The molecule has 114 valence electrons. The molecule has 1 aliphatic rings. The molecule has 2 atom stereocenters. The second-order valence-electron chi connectivity index (χ2n) is 5.44. The molecule has 1 aromatic carbocycles. The Morgan fingerprint density at radius 3 is 2.57 bits per heavy atom. The standard InChI is InChI=1S/C16H21FN2O2/c1-4-6-12-16(21)19(13(5-2)15(20)18-12)14-8-7-10(3)9-11(14)17/h7-9,12-13H,4-6H2,1-3H3,(H,18,20). The highest BCUT2D eigenvalue weighted by atomic mass is 19.1. The predicted octanol–water partition coefficient (Wildman–Crippen LogP) is 2.54. The highest BCUT2D eigenvalue weighted by Crippen LogP contribution is 2.27. The zero-order valence-electron chi connectivity index (χ0n) is 12.6. The molecular weight excluding hydrogens is 271 g/mol. The van der Waals surface area contributed by atoms with Crippen molar-refractivity contribution < 1.29 is 14.0 Å². The Bertz CT molecular complexity index is 559. The molecule has 1 heterocycles. The van der Waals surface area contributed by atoms with Crippen molar-refractivity contribution in [1.29, 1.82) is 0 Å². The number of piperazine rings is 1. The van der Waals surface area contributed by atoms with E-state index >= 15 is 0 Å². The summed E-state index contributed by atoms with van der Waals surface area (Å²) in [6, 6.07) is 3.50. The van der Waals surface area contributed by atoms with Gasteiger partial charge in [-0.1, -0.05) is 26.3 Å². The van der Waals surface area contributed by atoms with E-state index in [0.29, 0.717) is 12.8 Å². The Hall–Kier alpha value is -1.91. The summed E-state index contributed by atoms with van der Waals surface area (Å²) in [6.45, 7) is 5.55. The first-order chi connectivity index (χ1) is 9.99. The minimum Gasteiger partial charge on any atom is -0.342 e. The van der Waals surface area contributed by atoms with E-state index in [2.05, 4.69) is 5.32 Å². The van der Waals surface area contributed by atoms with Crippen molar-refractivity contribution in [3.8, 4) is 0 Å². The van der Waals surface area contributed by atoms with Crippen LogP contribution in [-0.4, -0.2) is 23.9 Å². The van der Waals surface area contributed by atoms with Crippen LogP contribution in [-0.2, 0) is 9.59 Å². The molecule has 4 nitrogen and oxygen atoms in total. The highest BCUT2D eigenvalue weighted by molar-refractivity contribution is 6.08. The Kier molecular flexibility index (Phi) is 4.60. The normalized spacial score (nSPS) is 22.4. The number of hydrogen-bond acceptors (Lipinski definition) is 2. The Morgan fingerprint density at radius 1 is 1.29 bits per heavy atom. The van der Waals surface area contributed by atoms with Crippen LogP contribution in [0.2, 0.25) is 0 Å². The fourth-order valence-corrected chi connectivity index (χ4v) is 2.71. The van der Waals surface area contributed by atoms with Crippen molar-refractivity contribution in [2.45, 2.75) is 52.1 Å². The molecule has 2 rings (SSSR count). The van der Waals surface area contributed by atoms with Gasteiger partial charge < -0.3 is 5.32 Å². The van der Waals surface area contributed by atoms with Crippen molar-refractivity contribution in [2.75, 3.05) is 4.90 Å². The van der Waals surface area contributed by atoms with E-state index in [4.69, 9.17) is 0 Å². The first-order valence-electron chi connectivity index (χ1n) is 7.39. The summed E-state index contributed by atoms with van der Waals surface area (Å²) in [5.41, 5.74) is 0.969. The first kappa shape index (κ1) is 15.5. The van der Waals surface area contributed by atoms with Crippen LogP contribution in [0.15, 0.2) is 18.2 Å². The molecule has 1 saturated heterocycles. The maximum atomic E-state index is 14.2. The third kappa shape index (κ3) is 2.91. The lowest BCUT2D eigenvalue weighted by molar-refractivity contribution is -0.134. The van der Waals surface area contributed by atoms with Gasteiger partial charge in [0, 0.05) is 0 Å². The van der Waals surface area contributed by atoms with Crippen LogP contribution in [0.5, 0.6) is 0 Å². The van der Waals surface area contributed by atoms with Gasteiger partial charge in [0.1, 0.15) is 17.9 Å². The molecule has 1 N–H and O–H groups in total. The summed E-state index contributed by atoms with van der Waals surface area (Å²) in [6.07, 6.45) is 1.78. The molecule has 1 aliphatic heterocycles. The van der Waals surface area contributed by atoms with Crippen LogP contribution in [0.4, 0.5) is 10.1 Å². The number of aryl methyl sites for hydroxylation is 1. The molecule has 21 heavy (non-hydrogen) atoms. The summed E-state index contributed by atoms with van der Waals surface area (Å²) in [5, 5.41) is 2.75. The molecule has 2 amide bonds. The number of amides is 2. The van der Waals surface area contributed by atoms with Crippen molar-refractivity contribution >= 4 is 17.5 Å². The Morgan fingerprint density at radius 2 is 2.00 bits per heavy atom. The molecule has 0 bridgehead atoms. The average molecular weight is 292 g/mol. The average Bonchev–Trinajstić information content (AvgIpc) is 2.43. The summed E-state index contributed by atoms with van der Waals surface area (Å²) in [4.78, 5) is 26.1. The second kappa shape index (κ2) is 6.24. The van der Waals surface area contributed by atoms with Gasteiger partial charge in [0.25, 0.3) is 0 Å². The summed E-state index contributed by atoms with van der Waals surface area (Å²) in [7, 11) is 0. The van der Waals surface area contributed by atoms with Gasteiger partial charge in [-0.15, -0.1) is 0 Å². The second-order valence-corrected chi connectivity index (χ2v) is 5.44. The van der Waals surface area contributed by atoms with Gasteiger partial charge in [0.15, 0.2) is 0 Å². The van der Waals surface area contributed by atoms with Gasteiger partial charge in [-0.25, -0.2) is 4.39 Å². The van der Waals surface area contributed by atoms with E-state index < -0.39 is 17.9 Å². The maximum absolute atomic E-state index is 14.2. The number of carbonyl (C=O) groups is 2. The molecule has 0 aromatic heterocycles. The van der Waals surface area contributed by atoms with E-state index in [1.54, 1.807) is 19.1 Å². The summed E-state index contributed by atoms with van der Waals surface area (Å²) in [5.74, 6) is -0.909. The fourth-order valence-electron chi connectivity index (χ4n) is 2.71. The SMILES string of the molecule is CCCC1NC(=O)C(CC)N(c2ccc(C)cc2F)C1=O. The lowest BCUT2D eigenvalue weighted by Gasteiger charge is -2.38. The minimum absolute atomic E-state index is 0.188. The van der Waals surface area contributed by atoms with Crippen molar-refractivity contribution in [1.82, 2.24) is 5.32 Å². The first-order valence-corrected chi connectivity index (χ1v) is 7.39. The lowest BCUT2D eigenvalue weighted by Crippen LogP contribution is -2.63. The minimum atomic E-state index is -0.650. The van der Waals surface area contributed by atoms with Crippen molar-refractivity contribution in [3.05, 3.63) is 29.6 Å². The number of anilines is 1. The molecule has 2 unspecified atom stereocenters. The Labute approximate surface area is 124 Å². The molecule has 0 radical (unpaired) electrons. The number of carbonyl (C=O) groups excluding carboxylic acids is 2. The molecule has 1 aromatic rings. The molecule has 0 aliphatic carbocycles. The van der Waals surface area contributed by atoms with Crippen LogP contribution in [0, 0.1) is 12.7 Å². The topological polar surface area (TPSA) is 49.4 Å². The number of hydrogen-bond donors (Lipinski definition) is 1. The monoisotopic (exact) mass is 292 g/mol. The largest absolute Gasteiger partial charge is 0.342 e. The summed E-state index contributed by atoms with van der Waals surface area (Å²) >= 11 is 0. The third-order valence-electron chi connectivity index (χ3n) is 3.79. The molecular formula is C16H21FN2O2. The van der Waals surface area contributed by atoms with E-state index in [-0.39, 0.29) is 17.5 Å². The van der Waals surface area contributed by atoms with Crippen LogP contribution in [0.3, 0.4) is 0 Å². The van der Waals surface area contributed by atoms with E-state index in [9.17, 15) is 14.0 Å². The molecule has 1 fully saturated rings. The predicted molar refractivity (Wildman–Crippen MR) is 79.5 cm³/mol. The molecule has 0 spiro atoms. The van der Waals surface area contributed by atoms with Crippen LogP contribution in [0.25, 0.3) is 0 Å². The van der Waals surface area contributed by atoms with Crippen LogP contribution >= 0.6 is 0 Å². The maximum Gasteiger partial charge on any atom is 0.250 e. The van der Waals surface area contributed by atoms with Gasteiger partial charge in [0.05, 0.1) is 5.69 Å². The van der Waals surface area contributed by atoms with E-state index in [1.165, 1.54) is 11.0 Å². The van der Waals surface area contributed by atoms with Gasteiger partial charge in [-0.3, -0.25) is 14.5 Å².